The van der Waals surface area contributed by atoms with Gasteiger partial charge >= 0.3 is 0 Å². The molecule has 4 rings (SSSR count). The van der Waals surface area contributed by atoms with Crippen LogP contribution in [0.1, 0.15) is 17.0 Å². The summed E-state index contributed by atoms with van der Waals surface area (Å²) < 4.78 is 12.5. The minimum absolute atomic E-state index is 0.108. The van der Waals surface area contributed by atoms with Crippen LogP contribution in [0, 0.1) is 6.92 Å². The first-order valence-corrected chi connectivity index (χ1v) is 9.60. The van der Waals surface area contributed by atoms with E-state index in [9.17, 15) is 4.79 Å². The summed E-state index contributed by atoms with van der Waals surface area (Å²) >= 11 is 0. The van der Waals surface area contributed by atoms with E-state index in [0.29, 0.717) is 28.2 Å². The summed E-state index contributed by atoms with van der Waals surface area (Å²) in [6.07, 6.45) is 3.71. The maximum atomic E-state index is 13.3. The molecule has 0 bridgehead atoms. The van der Waals surface area contributed by atoms with Crippen molar-refractivity contribution in [1.29, 1.82) is 0 Å². The highest BCUT2D eigenvalue weighted by Crippen LogP contribution is 2.32. The molecule has 3 aromatic carbocycles. The quantitative estimate of drug-likeness (QED) is 0.481. The third kappa shape index (κ3) is 3.57. The van der Waals surface area contributed by atoms with Gasteiger partial charge in [0.05, 0.1) is 30.8 Å². The Balaban J connectivity index is 1.94. The van der Waals surface area contributed by atoms with Crippen LogP contribution in [0.4, 0.5) is 0 Å². The van der Waals surface area contributed by atoms with Crippen LogP contribution >= 0.6 is 0 Å². The SMILES string of the molecule is COc1cccc(/C=C/c2nc3ccccc3c(=O)n2-c2cccc(C)c2)c1OC. The minimum Gasteiger partial charge on any atom is -0.493 e. The zero-order valence-corrected chi connectivity index (χ0v) is 17.1. The number of ether oxygens (including phenoxy) is 2. The first-order valence-electron chi connectivity index (χ1n) is 9.60. The van der Waals surface area contributed by atoms with Crippen LogP contribution in [0.2, 0.25) is 0 Å². The summed E-state index contributed by atoms with van der Waals surface area (Å²) in [6.45, 7) is 2.00. The lowest BCUT2D eigenvalue weighted by Crippen LogP contribution is -2.22. The predicted molar refractivity (Wildman–Crippen MR) is 121 cm³/mol. The summed E-state index contributed by atoms with van der Waals surface area (Å²) in [5.74, 6) is 1.80. The van der Waals surface area contributed by atoms with E-state index in [1.54, 1.807) is 24.9 Å². The van der Waals surface area contributed by atoms with E-state index in [-0.39, 0.29) is 5.56 Å². The fourth-order valence-electron chi connectivity index (χ4n) is 3.49. The number of hydrogen-bond acceptors (Lipinski definition) is 4. The molecule has 5 heteroatoms. The van der Waals surface area contributed by atoms with E-state index in [4.69, 9.17) is 14.5 Å². The molecule has 0 aliphatic heterocycles. The van der Waals surface area contributed by atoms with Gasteiger partial charge in [0.15, 0.2) is 11.5 Å². The Morgan fingerprint density at radius 2 is 1.70 bits per heavy atom. The second-order valence-corrected chi connectivity index (χ2v) is 6.88. The zero-order chi connectivity index (χ0) is 21.1. The lowest BCUT2D eigenvalue weighted by atomic mass is 10.1. The van der Waals surface area contributed by atoms with Crippen molar-refractivity contribution < 1.29 is 9.47 Å². The molecular formula is C25H22N2O3. The molecule has 0 fully saturated rings. The van der Waals surface area contributed by atoms with Crippen molar-refractivity contribution in [2.24, 2.45) is 0 Å². The molecule has 0 saturated heterocycles. The van der Waals surface area contributed by atoms with E-state index in [1.165, 1.54) is 0 Å². The second kappa shape index (κ2) is 8.25. The second-order valence-electron chi connectivity index (χ2n) is 6.88. The highest BCUT2D eigenvalue weighted by Gasteiger charge is 2.12. The van der Waals surface area contributed by atoms with E-state index in [2.05, 4.69) is 0 Å². The highest BCUT2D eigenvalue weighted by atomic mass is 16.5. The van der Waals surface area contributed by atoms with Gasteiger partial charge in [-0.15, -0.1) is 0 Å². The van der Waals surface area contributed by atoms with Crippen molar-refractivity contribution in [1.82, 2.24) is 9.55 Å². The number of aromatic nitrogens is 2. The van der Waals surface area contributed by atoms with Gasteiger partial charge in [-0.05, 0) is 55.0 Å². The van der Waals surface area contributed by atoms with Gasteiger partial charge in [-0.3, -0.25) is 9.36 Å². The molecule has 0 N–H and O–H groups in total. The van der Waals surface area contributed by atoms with Crippen LogP contribution < -0.4 is 15.0 Å². The van der Waals surface area contributed by atoms with Crippen molar-refractivity contribution in [2.75, 3.05) is 14.2 Å². The third-order valence-corrected chi connectivity index (χ3v) is 4.91. The topological polar surface area (TPSA) is 53.3 Å². The molecular weight excluding hydrogens is 376 g/mol. The molecule has 0 amide bonds. The highest BCUT2D eigenvalue weighted by molar-refractivity contribution is 5.80. The van der Waals surface area contributed by atoms with Gasteiger partial charge in [0.1, 0.15) is 5.82 Å². The smallest absolute Gasteiger partial charge is 0.266 e. The molecule has 0 spiro atoms. The van der Waals surface area contributed by atoms with Gasteiger partial charge in [0.25, 0.3) is 5.56 Å². The van der Waals surface area contributed by atoms with Crippen LogP contribution in [-0.2, 0) is 0 Å². The molecule has 0 aliphatic carbocycles. The summed E-state index contributed by atoms with van der Waals surface area (Å²) in [4.78, 5) is 18.1. The number of aryl methyl sites for hydroxylation is 1. The van der Waals surface area contributed by atoms with Crippen molar-refractivity contribution in [2.45, 2.75) is 6.92 Å². The average Bonchev–Trinajstić information content (AvgIpc) is 2.77. The normalized spacial score (nSPS) is 11.2. The minimum atomic E-state index is -0.108. The molecule has 1 aromatic heterocycles. The molecule has 30 heavy (non-hydrogen) atoms. The summed E-state index contributed by atoms with van der Waals surface area (Å²) in [7, 11) is 3.21. The summed E-state index contributed by atoms with van der Waals surface area (Å²) in [5, 5.41) is 0.579. The molecule has 0 aliphatic rings. The van der Waals surface area contributed by atoms with E-state index in [1.807, 2.05) is 79.7 Å². The van der Waals surface area contributed by atoms with E-state index < -0.39 is 0 Å². The lowest BCUT2D eigenvalue weighted by Gasteiger charge is -2.13. The molecule has 0 radical (unpaired) electrons. The third-order valence-electron chi connectivity index (χ3n) is 4.91. The Kier molecular flexibility index (Phi) is 5.35. The van der Waals surface area contributed by atoms with Gasteiger partial charge in [-0.25, -0.2) is 4.98 Å². The maximum absolute atomic E-state index is 13.3. The van der Waals surface area contributed by atoms with Crippen LogP contribution in [0.3, 0.4) is 0 Å². The van der Waals surface area contributed by atoms with Crippen LogP contribution in [-0.4, -0.2) is 23.8 Å². The fourth-order valence-corrected chi connectivity index (χ4v) is 3.49. The molecule has 150 valence electrons. The summed E-state index contributed by atoms with van der Waals surface area (Å²) in [6, 6.07) is 20.9. The zero-order valence-electron chi connectivity index (χ0n) is 17.1. The first-order chi connectivity index (χ1) is 14.6. The Hall–Kier alpha value is -3.86. The van der Waals surface area contributed by atoms with Crippen molar-refractivity contribution in [3.8, 4) is 17.2 Å². The van der Waals surface area contributed by atoms with Crippen molar-refractivity contribution >= 4 is 23.1 Å². The molecule has 0 unspecified atom stereocenters. The predicted octanol–water partition coefficient (Wildman–Crippen LogP) is 4.88. The van der Waals surface area contributed by atoms with Crippen LogP contribution in [0.15, 0.2) is 71.5 Å². The number of rotatable bonds is 5. The average molecular weight is 398 g/mol. The fraction of sp³-hybridized carbons (Fsp3) is 0.120. The monoisotopic (exact) mass is 398 g/mol. The molecule has 0 saturated carbocycles. The van der Waals surface area contributed by atoms with Gasteiger partial charge in [-0.1, -0.05) is 36.4 Å². The van der Waals surface area contributed by atoms with Gasteiger partial charge in [-0.2, -0.15) is 0 Å². The van der Waals surface area contributed by atoms with Crippen molar-refractivity contribution in [3.63, 3.8) is 0 Å². The number of benzene rings is 3. The van der Waals surface area contributed by atoms with Gasteiger partial charge in [0, 0.05) is 5.56 Å². The van der Waals surface area contributed by atoms with Crippen molar-refractivity contribution in [3.05, 3.63) is 94.0 Å². The van der Waals surface area contributed by atoms with Crippen LogP contribution in [0.25, 0.3) is 28.7 Å². The molecule has 4 aromatic rings. The van der Waals surface area contributed by atoms with E-state index in [0.717, 1.165) is 16.8 Å². The Bertz CT molecular complexity index is 1310. The Morgan fingerprint density at radius 1 is 0.900 bits per heavy atom. The number of hydrogen-bond donors (Lipinski definition) is 0. The molecule has 1 heterocycles. The standard InChI is InChI=1S/C25H22N2O3/c1-17-8-6-10-19(16-17)27-23(26-21-12-5-4-11-20(21)25(27)28)15-14-18-9-7-13-22(29-2)24(18)30-3/h4-16H,1-3H3/b15-14+. The number of nitrogens with zero attached hydrogens (tertiary/aromatic N) is 2. The van der Waals surface area contributed by atoms with Crippen LogP contribution in [0.5, 0.6) is 11.5 Å². The molecule has 0 atom stereocenters. The van der Waals surface area contributed by atoms with E-state index >= 15 is 0 Å². The Labute approximate surface area is 174 Å². The first kappa shape index (κ1) is 19.5. The maximum Gasteiger partial charge on any atom is 0.266 e. The number of fused-ring (bicyclic) bond motifs is 1. The van der Waals surface area contributed by atoms with Gasteiger partial charge in [0.2, 0.25) is 0 Å². The number of methoxy groups -OCH3 is 2. The Morgan fingerprint density at radius 3 is 2.47 bits per heavy atom. The summed E-state index contributed by atoms with van der Waals surface area (Å²) in [5.41, 5.74) is 3.22. The lowest BCUT2D eigenvalue weighted by molar-refractivity contribution is 0.354. The molecule has 5 nitrogen and oxygen atoms in total. The number of para-hydroxylation sites is 2. The van der Waals surface area contributed by atoms with Gasteiger partial charge < -0.3 is 9.47 Å². The largest absolute Gasteiger partial charge is 0.493 e.